The van der Waals surface area contributed by atoms with Gasteiger partial charge < -0.3 is 56.8 Å². The molecule has 562 valence electrons. The summed E-state index contributed by atoms with van der Waals surface area (Å²) in [6.07, 6.45) is 4.16. The first-order chi connectivity index (χ1) is 46.9. The quantitative estimate of drug-likeness (QED) is 0.0248. The first-order valence-corrected chi connectivity index (χ1v) is 34.4. The van der Waals surface area contributed by atoms with E-state index in [0.717, 1.165) is 80.1 Å². The number of hydrogen-bond donors (Lipinski definition) is 0. The Morgan fingerprint density at radius 1 is 0.273 bits per heavy atom. The number of unbranched alkanes of at least 4 members (excludes halogenated alkanes) is 9. The van der Waals surface area contributed by atoms with Gasteiger partial charge in [-0.05, 0) is 165 Å². The molecule has 0 aliphatic carbocycles. The predicted molar refractivity (Wildman–Crippen MR) is 348 cm³/mol. The fourth-order valence-corrected chi connectivity index (χ4v) is 8.97. The van der Waals surface area contributed by atoms with E-state index in [1.807, 2.05) is 6.92 Å². The van der Waals surface area contributed by atoms with Crippen molar-refractivity contribution >= 4 is 100 Å². The van der Waals surface area contributed by atoms with E-state index in [4.69, 9.17) is 56.8 Å². The predicted octanol–water partition coefficient (Wildman–Crippen LogP) is 7.39. The highest BCUT2D eigenvalue weighted by atomic mass is 16.6. The molecule has 0 spiro atoms. The van der Waals surface area contributed by atoms with Crippen molar-refractivity contribution in [2.75, 3.05) is 66.1 Å². The SMILES string of the molecule is CCCC(C)OCCCCCCOC(=O)CCC(C(C)=O)C(=O)OCC(COC(=O)C(C)C(C)=O)OC(=O)C(CCC(=O)OCCCCCCOC(=O)CCC(C(C)=O)C(=O)OC(COC(=O)C(C)C(C)=O)COC(=O)C(CCC(=O)OCCCCCCOC(=O)CC)C(C)=O)C(C)=O. The lowest BCUT2D eigenvalue weighted by molar-refractivity contribution is -0.174. The molecule has 0 aliphatic heterocycles. The molecule has 0 aromatic carbocycles. The van der Waals surface area contributed by atoms with E-state index in [0.29, 0.717) is 64.6 Å². The Hall–Kier alpha value is -7.85. The van der Waals surface area contributed by atoms with Gasteiger partial charge in [0, 0.05) is 38.7 Å². The maximum atomic E-state index is 13.4. The van der Waals surface area contributed by atoms with Crippen LogP contribution in [0.1, 0.15) is 224 Å². The Morgan fingerprint density at radius 3 is 0.778 bits per heavy atom. The monoisotopic (exact) mass is 1410 g/mol. The lowest BCUT2D eigenvalue weighted by Crippen LogP contribution is -2.37. The van der Waals surface area contributed by atoms with E-state index in [2.05, 4.69) is 6.92 Å². The topological polar surface area (TPSA) is 401 Å². The molecule has 0 rings (SSSR count). The first-order valence-electron chi connectivity index (χ1n) is 34.4. The van der Waals surface area contributed by atoms with Crippen molar-refractivity contribution in [3.8, 4) is 0 Å². The van der Waals surface area contributed by atoms with E-state index in [1.54, 1.807) is 6.92 Å². The lowest BCUT2D eigenvalue weighted by Gasteiger charge is -2.22. The zero-order valence-corrected chi connectivity index (χ0v) is 59.9. The van der Waals surface area contributed by atoms with E-state index in [-0.39, 0.29) is 83.4 Å². The molecule has 0 aromatic rings. The van der Waals surface area contributed by atoms with Gasteiger partial charge in [-0.2, -0.15) is 0 Å². The van der Waals surface area contributed by atoms with Crippen LogP contribution in [0, 0.1) is 35.5 Å². The average Bonchev–Trinajstić information content (AvgIpc) is 0.921. The van der Waals surface area contributed by atoms with Crippen molar-refractivity contribution in [2.24, 2.45) is 35.5 Å². The summed E-state index contributed by atoms with van der Waals surface area (Å²) in [5.41, 5.74) is 0. The molecule has 99 heavy (non-hydrogen) atoms. The van der Waals surface area contributed by atoms with Crippen molar-refractivity contribution in [1.29, 1.82) is 0 Å². The zero-order valence-electron chi connectivity index (χ0n) is 59.9. The van der Waals surface area contributed by atoms with Crippen LogP contribution in [0.25, 0.3) is 0 Å². The van der Waals surface area contributed by atoms with Gasteiger partial charge in [-0.25, -0.2) is 0 Å². The van der Waals surface area contributed by atoms with Crippen LogP contribution >= 0.6 is 0 Å². The number of hydrogen-bond acceptors (Lipinski definition) is 29. The summed E-state index contributed by atoms with van der Waals surface area (Å²) in [5.74, 6) is -21.8. The lowest BCUT2D eigenvalue weighted by atomic mass is 9.99. The van der Waals surface area contributed by atoms with E-state index in [1.165, 1.54) is 13.8 Å². The summed E-state index contributed by atoms with van der Waals surface area (Å²) < 4.78 is 63.6. The fourth-order valence-electron chi connectivity index (χ4n) is 8.97. The minimum Gasteiger partial charge on any atom is -0.466 e. The van der Waals surface area contributed by atoms with E-state index in [9.17, 15) is 81.5 Å². The van der Waals surface area contributed by atoms with Crippen LogP contribution in [-0.2, 0) is 138 Å². The minimum atomic E-state index is -1.56. The summed E-state index contributed by atoms with van der Waals surface area (Å²) in [4.78, 5) is 214. The molecule has 0 amide bonds. The van der Waals surface area contributed by atoms with Crippen molar-refractivity contribution in [3.63, 3.8) is 0 Å². The third-order valence-corrected chi connectivity index (χ3v) is 15.6. The summed E-state index contributed by atoms with van der Waals surface area (Å²) in [6.45, 7) is 13.0. The molecule has 0 bridgehead atoms. The Labute approximate surface area is 580 Å². The number of rotatable bonds is 59. The number of carbonyl (C=O) groups excluding carboxylic acids is 17. The van der Waals surface area contributed by atoms with Gasteiger partial charge in [0.1, 0.15) is 96.6 Å². The largest absolute Gasteiger partial charge is 0.466 e. The fraction of sp³-hybridized carbons (Fsp3) is 0.757. The molecule has 0 heterocycles. The summed E-state index contributed by atoms with van der Waals surface area (Å²) in [5, 5.41) is 0. The number of ketones is 6. The van der Waals surface area contributed by atoms with Crippen LogP contribution < -0.4 is 0 Å². The summed E-state index contributed by atoms with van der Waals surface area (Å²) in [6, 6.07) is 0. The first kappa shape index (κ1) is 91.1. The Morgan fingerprint density at radius 2 is 0.525 bits per heavy atom. The Balaban J connectivity index is 5.29. The highest BCUT2D eigenvalue weighted by Gasteiger charge is 2.35. The average molecular weight is 1410 g/mol. The van der Waals surface area contributed by atoms with Gasteiger partial charge in [-0.3, -0.25) is 81.5 Å². The third kappa shape index (κ3) is 44.0. The van der Waals surface area contributed by atoms with Gasteiger partial charge in [0.15, 0.2) is 12.2 Å². The molecule has 29 heteroatoms. The molecule has 0 aliphatic rings. The van der Waals surface area contributed by atoms with Crippen LogP contribution in [0.15, 0.2) is 0 Å². The molecule has 9 atom stereocenters. The number of Topliss-reactive ketones (excluding diaryl/α,β-unsaturated/α-hetero) is 6. The summed E-state index contributed by atoms with van der Waals surface area (Å²) in [7, 11) is 0. The van der Waals surface area contributed by atoms with Crippen LogP contribution in [0.5, 0.6) is 0 Å². The molecule has 29 nitrogen and oxygen atoms in total. The van der Waals surface area contributed by atoms with E-state index >= 15 is 0 Å². The van der Waals surface area contributed by atoms with Gasteiger partial charge >= 0.3 is 65.7 Å². The minimum absolute atomic E-state index is 0.0585. The molecular weight excluding hydrogens is 1300 g/mol. The molecule has 0 saturated carbocycles. The van der Waals surface area contributed by atoms with Gasteiger partial charge in [-0.1, -0.05) is 26.7 Å². The van der Waals surface area contributed by atoms with Gasteiger partial charge in [-0.15, -0.1) is 0 Å². The maximum Gasteiger partial charge on any atom is 0.317 e. The highest BCUT2D eigenvalue weighted by Crippen LogP contribution is 2.20. The van der Waals surface area contributed by atoms with Crippen molar-refractivity contribution in [3.05, 3.63) is 0 Å². The van der Waals surface area contributed by atoms with Gasteiger partial charge in [0.05, 0.1) is 39.1 Å². The van der Waals surface area contributed by atoms with Gasteiger partial charge in [0.25, 0.3) is 0 Å². The van der Waals surface area contributed by atoms with Crippen LogP contribution in [0.2, 0.25) is 0 Å². The molecular formula is C70H108O29. The molecule has 0 aromatic heterocycles. The molecule has 0 N–H and O–H groups in total. The summed E-state index contributed by atoms with van der Waals surface area (Å²) >= 11 is 0. The smallest absolute Gasteiger partial charge is 0.317 e. The molecule has 0 saturated heterocycles. The second kappa shape index (κ2) is 54.0. The van der Waals surface area contributed by atoms with Crippen molar-refractivity contribution < 1.29 is 138 Å². The second-order valence-corrected chi connectivity index (χ2v) is 24.3. The number of ether oxygens (including phenoxy) is 12. The Kier molecular flexibility index (Phi) is 49.8. The second-order valence-electron chi connectivity index (χ2n) is 24.3. The van der Waals surface area contributed by atoms with Crippen LogP contribution in [0.3, 0.4) is 0 Å². The highest BCUT2D eigenvalue weighted by molar-refractivity contribution is 6.01. The van der Waals surface area contributed by atoms with Crippen molar-refractivity contribution in [2.45, 2.75) is 242 Å². The van der Waals surface area contributed by atoms with Crippen LogP contribution in [0.4, 0.5) is 0 Å². The normalized spacial score (nSPS) is 13.7. The van der Waals surface area contributed by atoms with Crippen molar-refractivity contribution in [1.82, 2.24) is 0 Å². The number of carbonyl (C=O) groups is 17. The zero-order chi connectivity index (χ0) is 74.8. The van der Waals surface area contributed by atoms with Gasteiger partial charge in [0.2, 0.25) is 0 Å². The third-order valence-electron chi connectivity index (χ3n) is 15.6. The van der Waals surface area contributed by atoms with E-state index < -0.39 is 181 Å². The Bertz CT molecular complexity index is 2610. The molecule has 0 radical (unpaired) electrons. The molecule has 9 unspecified atom stereocenters. The standard InChI is InChI=1S/C70H108O29/c1-12-26-45(3)88-35-20-14-15-22-37-90-61(78)31-27-56(50(8)73)67(84)96-43-54(41-94-65(82)46(4)48(6)71)98-69(86)58(52(10)75)29-33-63(80)92-39-24-18-19-25-40-93-64(81)34-30-59(53(11)76)70(87)99-55(42-95-66(83)47(5)49(7)72)44-97-68(85)57(51(9)74)28-32-62(79)91-38-23-17-16-21-36-89-60(77)13-2/h45-47,54-59H,12-44H2,1-11H3. The maximum absolute atomic E-state index is 13.4. The number of esters is 11. The molecule has 0 fully saturated rings. The van der Waals surface area contributed by atoms with Crippen LogP contribution in [-0.4, -0.2) is 185 Å².